The van der Waals surface area contributed by atoms with Crippen LogP contribution >= 0.6 is 0 Å². The van der Waals surface area contributed by atoms with Gasteiger partial charge in [-0.2, -0.15) is 0 Å². The van der Waals surface area contributed by atoms with E-state index in [0.29, 0.717) is 18.4 Å². The quantitative estimate of drug-likeness (QED) is 0.902. The lowest BCUT2D eigenvalue weighted by Crippen LogP contribution is -2.29. The Morgan fingerprint density at radius 3 is 2.45 bits per heavy atom. The fourth-order valence-corrected chi connectivity index (χ4v) is 2.32. The summed E-state index contributed by atoms with van der Waals surface area (Å²) in [6, 6.07) is 10.3. The summed E-state index contributed by atoms with van der Waals surface area (Å²) in [7, 11) is 0. The number of rotatable bonds is 5. The van der Waals surface area contributed by atoms with E-state index in [4.69, 9.17) is 0 Å². The number of aromatic nitrogens is 1. The highest BCUT2D eigenvalue weighted by Crippen LogP contribution is 2.30. The van der Waals surface area contributed by atoms with Crippen LogP contribution in [0.1, 0.15) is 37.1 Å². The number of benzene rings is 1. The van der Waals surface area contributed by atoms with Gasteiger partial charge in [-0.25, -0.2) is 4.39 Å². The Morgan fingerprint density at radius 1 is 1.15 bits per heavy atom. The highest BCUT2D eigenvalue weighted by Gasteiger charge is 2.30. The minimum atomic E-state index is -1.22. The standard InChI is InChI=1S/C17H20FNO/c1-3-13-9-10-14(19-12-13)11-17(20,4-2)15-7-5-6-8-16(15)18/h5-10,12,20H,3-4,11H2,1-2H3. The molecule has 1 N–H and O–H groups in total. The summed E-state index contributed by atoms with van der Waals surface area (Å²) >= 11 is 0. The fourth-order valence-electron chi connectivity index (χ4n) is 2.32. The highest BCUT2D eigenvalue weighted by molar-refractivity contribution is 5.27. The molecule has 0 spiro atoms. The predicted octanol–water partition coefficient (Wildman–Crippen LogP) is 3.62. The van der Waals surface area contributed by atoms with Gasteiger partial charge in [0.05, 0.1) is 5.60 Å². The average Bonchev–Trinajstić information content (AvgIpc) is 2.48. The molecule has 20 heavy (non-hydrogen) atoms. The molecule has 1 atom stereocenters. The van der Waals surface area contributed by atoms with Crippen molar-refractivity contribution in [1.82, 2.24) is 4.98 Å². The molecule has 0 saturated carbocycles. The van der Waals surface area contributed by atoms with Crippen LogP contribution in [0, 0.1) is 5.82 Å². The second-order valence-corrected chi connectivity index (χ2v) is 5.05. The molecule has 2 aromatic rings. The van der Waals surface area contributed by atoms with Crippen molar-refractivity contribution in [1.29, 1.82) is 0 Å². The largest absolute Gasteiger partial charge is 0.385 e. The van der Waals surface area contributed by atoms with Gasteiger partial charge in [0.2, 0.25) is 0 Å². The first-order valence-corrected chi connectivity index (χ1v) is 7.00. The summed E-state index contributed by atoms with van der Waals surface area (Å²) in [6.07, 6.45) is 3.49. The van der Waals surface area contributed by atoms with Crippen molar-refractivity contribution in [3.63, 3.8) is 0 Å². The van der Waals surface area contributed by atoms with E-state index >= 15 is 0 Å². The number of aliphatic hydroxyl groups is 1. The second kappa shape index (κ2) is 6.14. The third-order valence-electron chi connectivity index (χ3n) is 3.73. The van der Waals surface area contributed by atoms with Gasteiger partial charge in [-0.1, -0.05) is 38.1 Å². The maximum atomic E-state index is 13.9. The number of hydrogen-bond acceptors (Lipinski definition) is 2. The average molecular weight is 273 g/mol. The Bertz CT molecular complexity index is 567. The number of aryl methyl sites for hydroxylation is 1. The van der Waals surface area contributed by atoms with Crippen LogP contribution < -0.4 is 0 Å². The van der Waals surface area contributed by atoms with Gasteiger partial charge in [0.1, 0.15) is 5.82 Å². The molecule has 2 nitrogen and oxygen atoms in total. The van der Waals surface area contributed by atoms with Gasteiger partial charge in [0, 0.05) is 23.9 Å². The van der Waals surface area contributed by atoms with Crippen molar-refractivity contribution in [3.05, 3.63) is 65.2 Å². The molecule has 1 unspecified atom stereocenters. The van der Waals surface area contributed by atoms with E-state index in [9.17, 15) is 9.50 Å². The molecule has 0 aliphatic rings. The predicted molar refractivity (Wildman–Crippen MR) is 77.9 cm³/mol. The van der Waals surface area contributed by atoms with Crippen molar-refractivity contribution in [2.45, 2.75) is 38.7 Å². The van der Waals surface area contributed by atoms with Crippen LogP contribution in [0.25, 0.3) is 0 Å². The molecule has 1 heterocycles. The Kier molecular flexibility index (Phi) is 4.50. The summed E-state index contributed by atoms with van der Waals surface area (Å²) in [5.41, 5.74) is 1.05. The van der Waals surface area contributed by atoms with E-state index in [1.165, 1.54) is 6.07 Å². The molecule has 0 aliphatic heterocycles. The molecular formula is C17H20FNO. The maximum absolute atomic E-state index is 13.9. The zero-order valence-electron chi connectivity index (χ0n) is 11.9. The van der Waals surface area contributed by atoms with Gasteiger partial charge < -0.3 is 5.11 Å². The van der Waals surface area contributed by atoms with Gasteiger partial charge in [-0.15, -0.1) is 0 Å². The van der Waals surface area contributed by atoms with E-state index in [2.05, 4.69) is 11.9 Å². The molecule has 0 amide bonds. The number of hydrogen-bond donors (Lipinski definition) is 1. The molecule has 2 rings (SSSR count). The summed E-state index contributed by atoms with van der Waals surface area (Å²) in [5.74, 6) is -0.373. The highest BCUT2D eigenvalue weighted by atomic mass is 19.1. The van der Waals surface area contributed by atoms with Gasteiger partial charge in [-0.3, -0.25) is 4.98 Å². The van der Waals surface area contributed by atoms with Crippen LogP contribution in [0.4, 0.5) is 4.39 Å². The lowest BCUT2D eigenvalue weighted by atomic mass is 9.86. The van der Waals surface area contributed by atoms with Gasteiger partial charge in [0.25, 0.3) is 0 Å². The minimum absolute atomic E-state index is 0.314. The number of nitrogens with zero attached hydrogens (tertiary/aromatic N) is 1. The number of pyridine rings is 1. The lowest BCUT2D eigenvalue weighted by molar-refractivity contribution is 0.0282. The van der Waals surface area contributed by atoms with Gasteiger partial charge in [-0.05, 0) is 30.5 Å². The summed E-state index contributed by atoms with van der Waals surface area (Å²) < 4.78 is 13.9. The molecule has 0 aliphatic carbocycles. The Hall–Kier alpha value is -1.74. The Morgan fingerprint density at radius 2 is 1.90 bits per heavy atom. The van der Waals surface area contributed by atoms with Crippen molar-refractivity contribution < 1.29 is 9.50 Å². The topological polar surface area (TPSA) is 33.1 Å². The molecular weight excluding hydrogens is 253 g/mol. The molecule has 3 heteroatoms. The monoisotopic (exact) mass is 273 g/mol. The number of halogens is 1. The molecule has 1 aromatic carbocycles. The van der Waals surface area contributed by atoms with Crippen LogP contribution in [0.15, 0.2) is 42.6 Å². The zero-order valence-corrected chi connectivity index (χ0v) is 11.9. The van der Waals surface area contributed by atoms with E-state index in [1.807, 2.05) is 25.3 Å². The van der Waals surface area contributed by atoms with Gasteiger partial charge >= 0.3 is 0 Å². The van der Waals surface area contributed by atoms with E-state index in [1.54, 1.807) is 18.2 Å². The van der Waals surface area contributed by atoms with Crippen LogP contribution in [0.3, 0.4) is 0 Å². The third kappa shape index (κ3) is 3.05. The van der Waals surface area contributed by atoms with Crippen molar-refractivity contribution in [3.8, 4) is 0 Å². The molecule has 0 bridgehead atoms. The van der Waals surface area contributed by atoms with Crippen LogP contribution in [0.2, 0.25) is 0 Å². The summed E-state index contributed by atoms with van der Waals surface area (Å²) in [6.45, 7) is 3.92. The fraction of sp³-hybridized carbons (Fsp3) is 0.353. The molecule has 0 fully saturated rings. The Labute approximate surface area is 119 Å². The molecule has 0 saturated heterocycles. The van der Waals surface area contributed by atoms with E-state index in [0.717, 1.165) is 17.7 Å². The first-order valence-electron chi connectivity index (χ1n) is 7.00. The maximum Gasteiger partial charge on any atom is 0.129 e. The van der Waals surface area contributed by atoms with Gasteiger partial charge in [0.15, 0.2) is 0 Å². The first kappa shape index (κ1) is 14.7. The van der Waals surface area contributed by atoms with Crippen molar-refractivity contribution in [2.24, 2.45) is 0 Å². The third-order valence-corrected chi connectivity index (χ3v) is 3.73. The summed E-state index contributed by atoms with van der Waals surface area (Å²) in [5, 5.41) is 10.8. The molecule has 0 radical (unpaired) electrons. The minimum Gasteiger partial charge on any atom is -0.385 e. The van der Waals surface area contributed by atoms with E-state index < -0.39 is 5.60 Å². The zero-order chi connectivity index (χ0) is 14.6. The lowest BCUT2D eigenvalue weighted by Gasteiger charge is -2.27. The normalized spacial score (nSPS) is 14.0. The van der Waals surface area contributed by atoms with Crippen molar-refractivity contribution in [2.75, 3.05) is 0 Å². The SMILES string of the molecule is CCc1ccc(CC(O)(CC)c2ccccc2F)nc1. The Balaban J connectivity index is 2.29. The summed E-state index contributed by atoms with van der Waals surface area (Å²) in [4.78, 5) is 4.36. The molecule has 106 valence electrons. The van der Waals surface area contributed by atoms with Crippen LogP contribution in [-0.2, 0) is 18.4 Å². The first-order chi connectivity index (χ1) is 9.59. The molecule has 1 aromatic heterocycles. The smallest absolute Gasteiger partial charge is 0.129 e. The second-order valence-electron chi connectivity index (χ2n) is 5.05. The van der Waals surface area contributed by atoms with Crippen LogP contribution in [-0.4, -0.2) is 10.1 Å². The van der Waals surface area contributed by atoms with Crippen LogP contribution in [0.5, 0.6) is 0 Å². The van der Waals surface area contributed by atoms with E-state index in [-0.39, 0.29) is 5.82 Å². The van der Waals surface area contributed by atoms with Crippen molar-refractivity contribution >= 4 is 0 Å².